The van der Waals surface area contributed by atoms with Gasteiger partial charge in [0.2, 0.25) is 5.52 Å². The summed E-state index contributed by atoms with van der Waals surface area (Å²) in [4.78, 5) is 8.77. The normalized spacial score (nSPS) is 12.7. The summed E-state index contributed by atoms with van der Waals surface area (Å²) in [5, 5.41) is 1.18. The van der Waals surface area contributed by atoms with E-state index in [1.165, 1.54) is 39.0 Å². The second kappa shape index (κ2) is 4.79. The monoisotopic (exact) mass is 338 g/mol. The Labute approximate surface area is 149 Å². The second-order valence-electron chi connectivity index (χ2n) is 6.74. The first-order valence-electron chi connectivity index (χ1n) is 8.70. The van der Waals surface area contributed by atoms with Gasteiger partial charge in [0.1, 0.15) is 12.2 Å². The van der Waals surface area contributed by atoms with E-state index in [2.05, 4.69) is 73.2 Å². The molecule has 0 fully saturated rings. The van der Waals surface area contributed by atoms with Gasteiger partial charge in [0.05, 0.1) is 16.5 Å². The van der Waals surface area contributed by atoms with Gasteiger partial charge in [-0.05, 0) is 24.3 Å². The van der Waals surface area contributed by atoms with Crippen molar-refractivity contribution in [3.8, 4) is 17.1 Å². The van der Waals surface area contributed by atoms with Crippen LogP contribution in [0.3, 0.4) is 0 Å². The number of hydrogen-bond donors (Lipinski definition) is 0. The number of aromatic nitrogens is 5. The van der Waals surface area contributed by atoms with Crippen molar-refractivity contribution in [2.75, 3.05) is 0 Å². The first kappa shape index (κ1) is 13.8. The van der Waals surface area contributed by atoms with E-state index < -0.39 is 0 Å². The molecule has 5 heterocycles. The molecule has 0 spiro atoms. The van der Waals surface area contributed by atoms with Crippen LogP contribution < -0.4 is 4.57 Å². The van der Waals surface area contributed by atoms with Crippen molar-refractivity contribution in [2.24, 2.45) is 7.05 Å². The molecule has 0 aliphatic carbocycles. The van der Waals surface area contributed by atoms with Crippen LogP contribution in [0.1, 0.15) is 5.56 Å². The summed E-state index contributed by atoms with van der Waals surface area (Å²) in [5.74, 6) is 1.19. The molecule has 6 rings (SSSR count). The van der Waals surface area contributed by atoms with Crippen LogP contribution in [0.2, 0.25) is 0 Å². The fourth-order valence-electron chi connectivity index (χ4n) is 4.28. The zero-order valence-corrected chi connectivity index (χ0v) is 14.3. The largest absolute Gasteiger partial charge is 0.307 e. The average molecular weight is 338 g/mol. The Morgan fingerprint density at radius 2 is 1.77 bits per heavy atom. The minimum Gasteiger partial charge on any atom is -0.307 e. The first-order chi connectivity index (χ1) is 12.8. The van der Waals surface area contributed by atoms with Crippen molar-refractivity contribution in [1.82, 2.24) is 19.1 Å². The van der Waals surface area contributed by atoms with E-state index in [0.717, 1.165) is 12.2 Å². The Balaban J connectivity index is 1.87. The maximum atomic E-state index is 4.38. The third-order valence-electron chi connectivity index (χ3n) is 5.39. The summed E-state index contributed by atoms with van der Waals surface area (Å²) in [6, 6.07) is 14.7. The lowest BCUT2D eigenvalue weighted by atomic mass is 10.1. The van der Waals surface area contributed by atoms with Crippen molar-refractivity contribution in [3.63, 3.8) is 0 Å². The van der Waals surface area contributed by atoms with Crippen LogP contribution in [0.5, 0.6) is 0 Å². The third-order valence-corrected chi connectivity index (χ3v) is 5.39. The number of benzene rings is 1. The molecule has 1 aliphatic rings. The molecule has 0 radical (unpaired) electrons. The Morgan fingerprint density at radius 1 is 0.962 bits per heavy atom. The summed E-state index contributed by atoms with van der Waals surface area (Å²) in [6.45, 7) is 0.859. The van der Waals surface area contributed by atoms with Crippen molar-refractivity contribution < 1.29 is 4.57 Å². The number of pyridine rings is 2. The molecule has 1 aliphatic heterocycles. The smallest absolute Gasteiger partial charge is 0.298 e. The van der Waals surface area contributed by atoms with E-state index in [1.807, 2.05) is 24.8 Å². The third kappa shape index (κ3) is 1.57. The number of aryl methyl sites for hydroxylation is 1. The molecule has 5 aromatic rings. The van der Waals surface area contributed by atoms with E-state index in [4.69, 9.17) is 0 Å². The highest BCUT2D eigenvalue weighted by Crippen LogP contribution is 2.36. The van der Waals surface area contributed by atoms with Gasteiger partial charge in [0, 0.05) is 37.4 Å². The highest BCUT2D eigenvalue weighted by Gasteiger charge is 2.38. The summed E-state index contributed by atoms with van der Waals surface area (Å²) in [6.07, 6.45) is 7.69. The maximum Gasteiger partial charge on any atom is 0.298 e. The van der Waals surface area contributed by atoms with Gasteiger partial charge >= 0.3 is 0 Å². The molecule has 26 heavy (non-hydrogen) atoms. The van der Waals surface area contributed by atoms with Crippen molar-refractivity contribution in [3.05, 3.63) is 72.8 Å². The van der Waals surface area contributed by atoms with Crippen molar-refractivity contribution in [2.45, 2.75) is 6.54 Å². The number of imidazole rings is 1. The van der Waals surface area contributed by atoms with Crippen LogP contribution >= 0.6 is 0 Å². The fourth-order valence-corrected chi connectivity index (χ4v) is 4.28. The molecule has 0 saturated carbocycles. The van der Waals surface area contributed by atoms with Gasteiger partial charge in [-0.1, -0.05) is 18.2 Å². The highest BCUT2D eigenvalue weighted by molar-refractivity contribution is 6.04. The lowest BCUT2D eigenvalue weighted by Gasteiger charge is -2.03. The van der Waals surface area contributed by atoms with Gasteiger partial charge in [-0.15, -0.1) is 0 Å². The topological polar surface area (TPSA) is 39.5 Å². The van der Waals surface area contributed by atoms with Gasteiger partial charge in [0.15, 0.2) is 0 Å². The summed E-state index contributed by atoms with van der Waals surface area (Å²) >= 11 is 0. The highest BCUT2D eigenvalue weighted by atomic mass is 15.3. The molecule has 124 valence electrons. The van der Waals surface area contributed by atoms with E-state index in [-0.39, 0.29) is 0 Å². The van der Waals surface area contributed by atoms with Crippen LogP contribution in [0.25, 0.3) is 39.1 Å². The van der Waals surface area contributed by atoms with Gasteiger partial charge in [-0.25, -0.2) is 4.57 Å². The van der Waals surface area contributed by atoms with Gasteiger partial charge in [-0.2, -0.15) is 4.57 Å². The van der Waals surface area contributed by atoms with Crippen LogP contribution in [0.15, 0.2) is 67.3 Å². The Kier molecular flexibility index (Phi) is 2.54. The molecule has 4 aromatic heterocycles. The number of hydrogen-bond acceptors (Lipinski definition) is 2. The molecule has 0 atom stereocenters. The minimum absolute atomic E-state index is 0.859. The molecule has 1 aromatic carbocycles. The number of nitrogens with zero attached hydrogens (tertiary/aromatic N) is 5. The molecule has 0 unspecified atom stereocenters. The predicted octanol–water partition coefficient (Wildman–Crippen LogP) is 3.23. The molecule has 0 saturated heterocycles. The van der Waals surface area contributed by atoms with E-state index >= 15 is 0 Å². The summed E-state index contributed by atoms with van der Waals surface area (Å²) in [5.41, 5.74) is 7.27. The Morgan fingerprint density at radius 3 is 2.65 bits per heavy atom. The number of rotatable bonds is 1. The zero-order valence-electron chi connectivity index (χ0n) is 14.3. The summed E-state index contributed by atoms with van der Waals surface area (Å²) < 4.78 is 7.02. The van der Waals surface area contributed by atoms with E-state index in [9.17, 15) is 0 Å². The lowest BCUT2D eigenvalue weighted by molar-refractivity contribution is -0.645. The quantitative estimate of drug-likeness (QED) is 0.432. The molecule has 0 N–H and O–H groups in total. The van der Waals surface area contributed by atoms with Crippen LogP contribution in [0.4, 0.5) is 0 Å². The Bertz CT molecular complexity index is 1310. The van der Waals surface area contributed by atoms with Crippen molar-refractivity contribution in [1.29, 1.82) is 0 Å². The van der Waals surface area contributed by atoms with Crippen molar-refractivity contribution >= 4 is 22.1 Å². The van der Waals surface area contributed by atoms with Crippen LogP contribution in [0, 0.1) is 0 Å². The second-order valence-corrected chi connectivity index (χ2v) is 6.74. The first-order valence-corrected chi connectivity index (χ1v) is 8.70. The van der Waals surface area contributed by atoms with E-state index in [0.29, 0.717) is 0 Å². The predicted molar refractivity (Wildman–Crippen MR) is 100 cm³/mol. The number of para-hydroxylation sites is 1. The molecule has 0 bridgehead atoms. The average Bonchev–Trinajstić information content (AvgIpc) is 3.31. The SMILES string of the molecule is Cn1c2ccncc2c2c1n(-c1ccccc1)c1[n+]2Cc2ccncc2-1. The van der Waals surface area contributed by atoms with Crippen LogP contribution in [-0.2, 0) is 13.6 Å². The minimum atomic E-state index is 0.859. The lowest BCUT2D eigenvalue weighted by Crippen LogP contribution is -2.31. The fraction of sp³-hybridized carbons (Fsp3) is 0.0952. The van der Waals surface area contributed by atoms with Gasteiger partial charge in [0.25, 0.3) is 11.5 Å². The van der Waals surface area contributed by atoms with Crippen LogP contribution in [-0.4, -0.2) is 19.1 Å². The Hall–Kier alpha value is -3.47. The molecule has 5 heteroatoms. The maximum absolute atomic E-state index is 4.38. The molecule has 5 nitrogen and oxygen atoms in total. The zero-order chi connectivity index (χ0) is 17.3. The summed E-state index contributed by atoms with van der Waals surface area (Å²) in [7, 11) is 2.13. The molecule has 0 amide bonds. The van der Waals surface area contributed by atoms with E-state index in [1.54, 1.807) is 0 Å². The van der Waals surface area contributed by atoms with Gasteiger partial charge in [-0.3, -0.25) is 9.97 Å². The molecular formula is C21H16N5+. The standard InChI is InChI=1S/C21H16N5/c1-24-18-8-10-23-12-17(18)19-21(24)26(15-5-3-2-4-6-15)20-16-11-22-9-7-14(16)13-25(19)20/h2-12H,13H2,1H3/q+1. The number of fused-ring (bicyclic) bond motifs is 7. The van der Waals surface area contributed by atoms with Gasteiger partial charge < -0.3 is 4.57 Å². The molecular weight excluding hydrogens is 322 g/mol.